The summed E-state index contributed by atoms with van der Waals surface area (Å²) >= 11 is 0. The zero-order chi connectivity index (χ0) is 20.3. The van der Waals surface area contributed by atoms with E-state index in [1.807, 2.05) is 0 Å². The maximum absolute atomic E-state index is 13.7. The number of rotatable bonds is 4. The quantitative estimate of drug-likeness (QED) is 0.721. The summed E-state index contributed by atoms with van der Waals surface area (Å²) in [6, 6.07) is 0. The van der Waals surface area contributed by atoms with Crippen molar-refractivity contribution in [3.63, 3.8) is 0 Å². The Kier molecular flexibility index (Phi) is 5.30. The van der Waals surface area contributed by atoms with Crippen LogP contribution in [0.2, 0.25) is 0 Å². The maximum Gasteiger partial charge on any atom is 0.139 e. The highest BCUT2D eigenvalue weighted by Crippen LogP contribution is 2.67. The van der Waals surface area contributed by atoms with Crippen LogP contribution in [0.15, 0.2) is 0 Å². The molecule has 3 nitrogen and oxygen atoms in total. The fourth-order valence-electron chi connectivity index (χ4n) is 8.52. The van der Waals surface area contributed by atoms with E-state index in [0.29, 0.717) is 47.7 Å². The van der Waals surface area contributed by atoms with Gasteiger partial charge in [-0.05, 0) is 99.2 Å². The molecule has 4 fully saturated rings. The van der Waals surface area contributed by atoms with Gasteiger partial charge in [0.05, 0.1) is 6.10 Å². The highest BCUT2D eigenvalue weighted by atomic mass is 16.3. The van der Waals surface area contributed by atoms with Gasteiger partial charge in [0.2, 0.25) is 0 Å². The lowest BCUT2D eigenvalue weighted by Gasteiger charge is -2.60. The number of aliphatic hydroxyl groups excluding tert-OH is 1. The molecule has 1 N–H and O–H groups in total. The molecular formula is C25H40O3. The van der Waals surface area contributed by atoms with Gasteiger partial charge in [0.15, 0.2) is 0 Å². The van der Waals surface area contributed by atoms with Crippen LogP contribution in [0.1, 0.15) is 91.9 Å². The predicted octanol–water partition coefficient (Wildman–Crippen LogP) is 5.19. The van der Waals surface area contributed by atoms with Gasteiger partial charge in [-0.1, -0.05) is 20.8 Å². The third-order valence-electron chi connectivity index (χ3n) is 10.2. The van der Waals surface area contributed by atoms with Crippen molar-refractivity contribution in [1.82, 2.24) is 0 Å². The first-order valence-electron chi connectivity index (χ1n) is 11.9. The van der Waals surface area contributed by atoms with Crippen molar-refractivity contribution < 1.29 is 14.7 Å². The molecule has 28 heavy (non-hydrogen) atoms. The first-order chi connectivity index (χ1) is 13.2. The Bertz CT molecular complexity index is 642. The molecule has 3 heteroatoms. The third-order valence-corrected chi connectivity index (χ3v) is 10.2. The molecule has 158 valence electrons. The van der Waals surface area contributed by atoms with Crippen molar-refractivity contribution in [3.05, 3.63) is 0 Å². The van der Waals surface area contributed by atoms with Crippen LogP contribution in [0.3, 0.4) is 0 Å². The lowest BCUT2D eigenvalue weighted by molar-refractivity contribution is -0.160. The van der Waals surface area contributed by atoms with Crippen LogP contribution in [-0.4, -0.2) is 22.8 Å². The van der Waals surface area contributed by atoms with E-state index in [4.69, 9.17) is 0 Å². The Morgan fingerprint density at radius 1 is 1.14 bits per heavy atom. The number of ketones is 2. The lowest BCUT2D eigenvalue weighted by Crippen LogP contribution is -2.57. The third kappa shape index (κ3) is 3.02. The van der Waals surface area contributed by atoms with Crippen molar-refractivity contribution in [3.8, 4) is 0 Å². The molecular weight excluding hydrogens is 348 g/mol. The molecule has 0 aromatic rings. The Labute approximate surface area is 171 Å². The van der Waals surface area contributed by atoms with Crippen LogP contribution < -0.4 is 0 Å². The normalized spacial score (nSPS) is 49.1. The molecule has 4 rings (SSSR count). The van der Waals surface area contributed by atoms with Crippen molar-refractivity contribution in [2.24, 2.45) is 46.3 Å². The second kappa shape index (κ2) is 7.22. The Balaban J connectivity index is 1.57. The number of hydrogen-bond donors (Lipinski definition) is 1. The summed E-state index contributed by atoms with van der Waals surface area (Å²) in [4.78, 5) is 25.2. The van der Waals surface area contributed by atoms with Crippen molar-refractivity contribution in [2.45, 2.75) is 98.0 Å². The van der Waals surface area contributed by atoms with Crippen LogP contribution in [0.25, 0.3) is 0 Å². The van der Waals surface area contributed by atoms with E-state index in [1.54, 1.807) is 6.92 Å². The molecule has 0 spiro atoms. The fraction of sp³-hybridized carbons (Fsp3) is 0.920. The van der Waals surface area contributed by atoms with Gasteiger partial charge in [0, 0.05) is 18.3 Å². The van der Waals surface area contributed by atoms with E-state index in [2.05, 4.69) is 20.8 Å². The van der Waals surface area contributed by atoms with Crippen LogP contribution in [-0.2, 0) is 9.59 Å². The molecule has 0 heterocycles. The Morgan fingerprint density at radius 3 is 2.61 bits per heavy atom. The number of carbonyl (C=O) groups is 2. The van der Waals surface area contributed by atoms with E-state index in [9.17, 15) is 14.7 Å². The number of Topliss-reactive ketones (excluding diaryl/α,β-unsaturated/α-hetero) is 2. The number of fused-ring (bicyclic) bond motifs is 5. The molecule has 4 aliphatic rings. The van der Waals surface area contributed by atoms with Crippen molar-refractivity contribution in [2.75, 3.05) is 0 Å². The average molecular weight is 389 g/mol. The predicted molar refractivity (Wildman–Crippen MR) is 111 cm³/mol. The standard InChI is InChI=1S/C25H40O3/c1-15(5-6-16(2)26)20-9-10-21-19-8-7-17-13-18(27)11-12-24(17,3)22(19)14-23(28)25(20,21)4/h15,17-22,27H,5-14H2,1-4H3/t15-,17?,18?,19+,20-,21+,22+,24+,25-/m1/s1. The highest BCUT2D eigenvalue weighted by Gasteiger charge is 2.63. The van der Waals surface area contributed by atoms with Crippen LogP contribution in [0.5, 0.6) is 0 Å². The van der Waals surface area contributed by atoms with Gasteiger partial charge in [-0.15, -0.1) is 0 Å². The van der Waals surface area contributed by atoms with Gasteiger partial charge < -0.3 is 9.90 Å². The van der Waals surface area contributed by atoms with E-state index in [1.165, 1.54) is 19.3 Å². The first kappa shape index (κ1) is 20.6. The zero-order valence-corrected chi connectivity index (χ0v) is 18.4. The van der Waals surface area contributed by atoms with Gasteiger partial charge in [-0.2, -0.15) is 0 Å². The number of carbonyl (C=O) groups excluding carboxylic acids is 2. The average Bonchev–Trinajstić information content (AvgIpc) is 3.00. The molecule has 0 saturated heterocycles. The molecule has 4 saturated carbocycles. The molecule has 0 aromatic heterocycles. The Hall–Kier alpha value is -0.700. The van der Waals surface area contributed by atoms with Crippen LogP contribution in [0, 0.1) is 46.3 Å². The van der Waals surface area contributed by atoms with Gasteiger partial charge in [0.25, 0.3) is 0 Å². The second-order valence-corrected chi connectivity index (χ2v) is 11.4. The molecule has 0 aliphatic heterocycles. The molecule has 0 amide bonds. The fourth-order valence-corrected chi connectivity index (χ4v) is 8.52. The molecule has 0 radical (unpaired) electrons. The number of hydrogen-bond acceptors (Lipinski definition) is 3. The topological polar surface area (TPSA) is 54.4 Å². The summed E-state index contributed by atoms with van der Waals surface area (Å²) in [5.41, 5.74) is 0.0756. The van der Waals surface area contributed by atoms with Crippen LogP contribution >= 0.6 is 0 Å². The summed E-state index contributed by atoms with van der Waals surface area (Å²) in [5, 5.41) is 10.2. The van der Waals surface area contributed by atoms with Gasteiger partial charge in [-0.25, -0.2) is 0 Å². The van der Waals surface area contributed by atoms with Crippen molar-refractivity contribution in [1.29, 1.82) is 0 Å². The number of aliphatic hydroxyl groups is 1. The molecule has 0 aromatic carbocycles. The van der Waals surface area contributed by atoms with Crippen molar-refractivity contribution >= 4 is 11.6 Å². The Morgan fingerprint density at radius 2 is 1.89 bits per heavy atom. The van der Waals surface area contributed by atoms with Gasteiger partial charge >= 0.3 is 0 Å². The minimum atomic E-state index is -0.172. The largest absolute Gasteiger partial charge is 0.393 e. The maximum atomic E-state index is 13.7. The van der Waals surface area contributed by atoms with Gasteiger partial charge in [0.1, 0.15) is 11.6 Å². The molecule has 0 bridgehead atoms. The SMILES string of the molecule is CC(=O)CC[C@@H](C)[C@H]1CC[C@H]2[C@@H]3CCC4CC(O)CC[C@]4(C)[C@H]3CC(=O)[C@]12C. The van der Waals surface area contributed by atoms with E-state index < -0.39 is 0 Å². The monoisotopic (exact) mass is 388 g/mol. The summed E-state index contributed by atoms with van der Waals surface area (Å²) in [5.74, 6) is 4.03. The van der Waals surface area contributed by atoms with E-state index in [0.717, 1.165) is 38.5 Å². The molecule has 9 atom stereocenters. The summed E-state index contributed by atoms with van der Waals surface area (Å²) in [6.45, 7) is 8.69. The minimum absolute atomic E-state index is 0.128. The summed E-state index contributed by atoms with van der Waals surface area (Å²) in [7, 11) is 0. The van der Waals surface area contributed by atoms with E-state index >= 15 is 0 Å². The molecule has 4 aliphatic carbocycles. The minimum Gasteiger partial charge on any atom is -0.393 e. The first-order valence-corrected chi connectivity index (χ1v) is 11.9. The van der Waals surface area contributed by atoms with Crippen LogP contribution in [0.4, 0.5) is 0 Å². The van der Waals surface area contributed by atoms with E-state index in [-0.39, 0.29) is 22.7 Å². The second-order valence-electron chi connectivity index (χ2n) is 11.4. The molecule has 2 unspecified atom stereocenters. The summed E-state index contributed by atoms with van der Waals surface area (Å²) < 4.78 is 0. The summed E-state index contributed by atoms with van der Waals surface area (Å²) in [6.07, 6.45) is 10.0. The smallest absolute Gasteiger partial charge is 0.139 e. The zero-order valence-electron chi connectivity index (χ0n) is 18.4. The lowest BCUT2D eigenvalue weighted by atomic mass is 9.44. The van der Waals surface area contributed by atoms with Gasteiger partial charge in [-0.3, -0.25) is 4.79 Å². The highest BCUT2D eigenvalue weighted by molar-refractivity contribution is 5.87.